The molecule has 0 bridgehead atoms. The first-order valence-electron chi connectivity index (χ1n) is 9.64. The van der Waals surface area contributed by atoms with Crippen LogP contribution in [0, 0.1) is 5.82 Å². The average molecular weight is 472 g/mol. The molecule has 0 unspecified atom stereocenters. The van der Waals surface area contributed by atoms with E-state index in [1.54, 1.807) is 18.2 Å². The Morgan fingerprint density at radius 1 is 1.00 bits per heavy atom. The lowest BCUT2D eigenvalue weighted by molar-refractivity contribution is -0.142. The van der Waals surface area contributed by atoms with E-state index >= 15 is 0 Å². The van der Waals surface area contributed by atoms with Gasteiger partial charge in [0.25, 0.3) is 5.91 Å². The summed E-state index contributed by atoms with van der Waals surface area (Å²) in [6, 6.07) is 12.3. The van der Waals surface area contributed by atoms with Crippen molar-refractivity contribution >= 4 is 23.1 Å². The van der Waals surface area contributed by atoms with E-state index in [0.717, 1.165) is 17.0 Å². The molecule has 2 heterocycles. The fourth-order valence-electron chi connectivity index (χ4n) is 3.10. The lowest BCUT2D eigenvalue weighted by Crippen LogP contribution is -2.21. The van der Waals surface area contributed by atoms with Crippen molar-refractivity contribution in [1.29, 1.82) is 0 Å². The fourth-order valence-corrected chi connectivity index (χ4v) is 3.10. The molecule has 1 amide bonds. The second-order valence-corrected chi connectivity index (χ2v) is 6.95. The SMILES string of the molecule is Nc1nccc(Oc2ccc(NC(=O)c3ncn(-c4ccccc4)c3C(F)(F)F)cc2F)c1N. The van der Waals surface area contributed by atoms with Gasteiger partial charge in [-0.25, -0.2) is 14.4 Å². The van der Waals surface area contributed by atoms with E-state index in [4.69, 9.17) is 16.2 Å². The average Bonchev–Trinajstić information content (AvgIpc) is 3.25. The molecule has 2 aromatic carbocycles. The van der Waals surface area contributed by atoms with Crippen molar-refractivity contribution in [1.82, 2.24) is 14.5 Å². The van der Waals surface area contributed by atoms with Crippen LogP contribution in [0.4, 0.5) is 34.8 Å². The molecule has 0 fully saturated rings. The van der Waals surface area contributed by atoms with Gasteiger partial charge in [0.05, 0.1) is 0 Å². The molecule has 8 nitrogen and oxygen atoms in total. The zero-order chi connectivity index (χ0) is 24.5. The molecule has 2 aromatic heterocycles. The number of halogens is 4. The highest BCUT2D eigenvalue weighted by atomic mass is 19.4. The number of nitrogens with one attached hydrogen (secondary N) is 1. The minimum Gasteiger partial charge on any atom is -0.452 e. The third-order valence-corrected chi connectivity index (χ3v) is 4.68. The Balaban J connectivity index is 1.59. The van der Waals surface area contributed by atoms with Crippen LogP contribution in [0.5, 0.6) is 11.5 Å². The Labute approximate surface area is 189 Å². The molecule has 0 saturated heterocycles. The third-order valence-electron chi connectivity index (χ3n) is 4.68. The number of nitrogens with zero attached hydrogens (tertiary/aromatic N) is 3. The Morgan fingerprint density at radius 3 is 2.41 bits per heavy atom. The molecule has 12 heteroatoms. The van der Waals surface area contributed by atoms with Gasteiger partial charge in [0.15, 0.2) is 28.7 Å². The predicted molar refractivity (Wildman–Crippen MR) is 116 cm³/mol. The van der Waals surface area contributed by atoms with Crippen molar-refractivity contribution in [3.63, 3.8) is 0 Å². The van der Waals surface area contributed by atoms with Crippen molar-refractivity contribution in [2.24, 2.45) is 0 Å². The molecule has 0 atom stereocenters. The number of nitrogen functional groups attached to an aromatic ring is 2. The molecule has 0 saturated carbocycles. The first-order chi connectivity index (χ1) is 16.1. The highest BCUT2D eigenvalue weighted by Crippen LogP contribution is 2.35. The van der Waals surface area contributed by atoms with E-state index in [9.17, 15) is 22.4 Å². The summed E-state index contributed by atoms with van der Waals surface area (Å²) in [4.78, 5) is 20.0. The zero-order valence-corrected chi connectivity index (χ0v) is 17.2. The van der Waals surface area contributed by atoms with Crippen molar-refractivity contribution < 1.29 is 27.1 Å². The number of nitrogens with two attached hydrogens (primary N) is 2. The van der Waals surface area contributed by atoms with E-state index in [1.165, 1.54) is 36.5 Å². The lowest BCUT2D eigenvalue weighted by atomic mass is 10.2. The summed E-state index contributed by atoms with van der Waals surface area (Å²) in [5, 5.41) is 2.22. The van der Waals surface area contributed by atoms with Gasteiger partial charge in [-0.15, -0.1) is 0 Å². The number of carbonyl (C=O) groups is 1. The molecule has 0 spiro atoms. The van der Waals surface area contributed by atoms with Crippen LogP contribution in [0.25, 0.3) is 5.69 Å². The third kappa shape index (κ3) is 4.46. The number of rotatable bonds is 5. The van der Waals surface area contributed by atoms with Gasteiger partial charge in [-0.05, 0) is 24.3 Å². The molecular weight excluding hydrogens is 456 g/mol. The lowest BCUT2D eigenvalue weighted by Gasteiger charge is -2.13. The van der Waals surface area contributed by atoms with Crippen LogP contribution >= 0.6 is 0 Å². The summed E-state index contributed by atoms with van der Waals surface area (Å²) in [5.41, 5.74) is 9.27. The minimum atomic E-state index is -4.88. The molecule has 0 aliphatic rings. The summed E-state index contributed by atoms with van der Waals surface area (Å²) in [7, 11) is 0. The largest absolute Gasteiger partial charge is 0.452 e. The van der Waals surface area contributed by atoms with Gasteiger partial charge in [0, 0.05) is 29.7 Å². The van der Waals surface area contributed by atoms with Crippen molar-refractivity contribution in [3.05, 3.63) is 84.3 Å². The monoisotopic (exact) mass is 472 g/mol. The maximum absolute atomic E-state index is 14.6. The highest BCUT2D eigenvalue weighted by Gasteiger charge is 2.40. The first-order valence-corrected chi connectivity index (χ1v) is 9.64. The van der Waals surface area contributed by atoms with Gasteiger partial charge >= 0.3 is 6.18 Å². The van der Waals surface area contributed by atoms with Crippen LogP contribution in [0.3, 0.4) is 0 Å². The van der Waals surface area contributed by atoms with Gasteiger partial charge in [-0.2, -0.15) is 13.2 Å². The zero-order valence-electron chi connectivity index (χ0n) is 17.2. The van der Waals surface area contributed by atoms with Crippen molar-refractivity contribution in [2.75, 3.05) is 16.8 Å². The summed E-state index contributed by atoms with van der Waals surface area (Å²) in [6.45, 7) is 0. The van der Waals surface area contributed by atoms with E-state index < -0.39 is 29.3 Å². The number of hydrogen-bond acceptors (Lipinski definition) is 6. The molecule has 0 radical (unpaired) electrons. The van der Waals surface area contributed by atoms with Crippen LogP contribution in [-0.4, -0.2) is 20.4 Å². The Hall–Kier alpha value is -4.61. The number of hydrogen-bond donors (Lipinski definition) is 3. The predicted octanol–water partition coefficient (Wildman–Crippen LogP) is 4.63. The maximum Gasteiger partial charge on any atom is 0.434 e. The van der Waals surface area contributed by atoms with Crippen molar-refractivity contribution in [2.45, 2.75) is 6.18 Å². The van der Waals surface area contributed by atoms with Crippen LogP contribution < -0.4 is 21.5 Å². The van der Waals surface area contributed by atoms with Crippen LogP contribution in [0.15, 0.2) is 67.1 Å². The smallest absolute Gasteiger partial charge is 0.434 e. The minimum absolute atomic E-state index is 0.00259. The second-order valence-electron chi connectivity index (χ2n) is 6.95. The molecule has 5 N–H and O–H groups in total. The standard InChI is InChI=1S/C22H16F4N6O2/c23-14-10-12(6-7-15(14)34-16-8-9-29-20(28)17(16)27)31-21(33)18-19(22(24,25)26)32(11-30-18)13-4-2-1-3-5-13/h1-11H,27H2,(H2,28,29)(H,31,33). The van der Waals surface area contributed by atoms with Gasteiger partial charge in [-0.1, -0.05) is 18.2 Å². The van der Waals surface area contributed by atoms with Gasteiger partial charge in [-0.3, -0.25) is 9.36 Å². The Bertz CT molecular complexity index is 1360. The second kappa shape index (κ2) is 8.73. The topological polar surface area (TPSA) is 121 Å². The molecule has 0 aliphatic carbocycles. The number of amides is 1. The highest BCUT2D eigenvalue weighted by molar-refractivity contribution is 6.04. The number of benzene rings is 2. The number of para-hydroxylation sites is 1. The van der Waals surface area contributed by atoms with Crippen LogP contribution in [0.1, 0.15) is 16.2 Å². The Morgan fingerprint density at radius 2 is 1.74 bits per heavy atom. The number of carbonyl (C=O) groups excluding carboxylic acids is 1. The van der Waals surface area contributed by atoms with Crippen LogP contribution in [-0.2, 0) is 6.18 Å². The van der Waals surface area contributed by atoms with E-state index in [0.29, 0.717) is 0 Å². The number of ether oxygens (including phenoxy) is 1. The number of pyridine rings is 1. The normalized spacial score (nSPS) is 11.3. The van der Waals surface area contributed by atoms with Crippen LogP contribution in [0.2, 0.25) is 0 Å². The van der Waals surface area contributed by atoms with E-state index in [1.807, 2.05) is 0 Å². The van der Waals surface area contributed by atoms with E-state index in [2.05, 4.69) is 15.3 Å². The fraction of sp³-hybridized carbons (Fsp3) is 0.0455. The number of imidazole rings is 1. The molecular formula is C22H16F4N6O2. The number of aromatic nitrogens is 3. The molecule has 34 heavy (non-hydrogen) atoms. The Kier molecular flexibility index (Phi) is 5.80. The maximum atomic E-state index is 14.6. The summed E-state index contributed by atoms with van der Waals surface area (Å²) in [5.74, 6) is -2.26. The first kappa shape index (κ1) is 22.6. The van der Waals surface area contributed by atoms with Gasteiger partial charge in [0.1, 0.15) is 17.8 Å². The summed E-state index contributed by atoms with van der Waals surface area (Å²) >= 11 is 0. The molecule has 4 rings (SSSR count). The quantitative estimate of drug-likeness (QED) is 0.364. The van der Waals surface area contributed by atoms with Crippen molar-refractivity contribution in [3.8, 4) is 17.2 Å². The summed E-state index contributed by atoms with van der Waals surface area (Å²) in [6.07, 6.45) is -2.66. The molecule has 4 aromatic rings. The number of alkyl halides is 3. The molecule has 174 valence electrons. The molecule has 0 aliphatic heterocycles. The number of anilines is 3. The summed E-state index contributed by atoms with van der Waals surface area (Å²) < 4.78 is 62.0. The van der Waals surface area contributed by atoms with Gasteiger partial charge < -0.3 is 21.5 Å². The van der Waals surface area contributed by atoms with E-state index in [-0.39, 0.29) is 34.4 Å². The van der Waals surface area contributed by atoms with Gasteiger partial charge in [0.2, 0.25) is 0 Å².